The first-order valence-electron chi connectivity index (χ1n) is 6.41. The van der Waals surface area contributed by atoms with Crippen molar-refractivity contribution in [1.29, 1.82) is 0 Å². The fraction of sp³-hybridized carbons (Fsp3) is 0.538. The van der Waals surface area contributed by atoms with Crippen LogP contribution in [0.15, 0.2) is 18.2 Å². The predicted molar refractivity (Wildman–Crippen MR) is 70.4 cm³/mol. The highest BCUT2D eigenvalue weighted by Gasteiger charge is 2.19. The molecule has 19 heavy (non-hydrogen) atoms. The minimum atomic E-state index is -0.462. The number of hydrogen-bond acceptors (Lipinski definition) is 4. The zero-order valence-corrected chi connectivity index (χ0v) is 10.9. The first-order valence-corrected chi connectivity index (χ1v) is 6.41. The number of nitro benzene ring substituents is 1. The molecule has 0 saturated carbocycles. The van der Waals surface area contributed by atoms with Gasteiger partial charge in [0.2, 0.25) is 0 Å². The van der Waals surface area contributed by atoms with Crippen LogP contribution in [-0.2, 0) is 6.54 Å². The molecule has 1 atom stereocenters. The molecule has 5 nitrogen and oxygen atoms in total. The molecule has 1 heterocycles. The third kappa shape index (κ3) is 3.71. The van der Waals surface area contributed by atoms with Crippen molar-refractivity contribution in [2.45, 2.75) is 25.4 Å². The summed E-state index contributed by atoms with van der Waals surface area (Å²) in [5.74, 6) is -0.437. The molecule has 0 radical (unpaired) electrons. The van der Waals surface area contributed by atoms with E-state index in [2.05, 4.69) is 5.32 Å². The Morgan fingerprint density at radius 3 is 3.00 bits per heavy atom. The molecule has 0 aliphatic carbocycles. The molecule has 0 spiro atoms. The van der Waals surface area contributed by atoms with Crippen molar-refractivity contribution in [2.75, 3.05) is 20.1 Å². The summed E-state index contributed by atoms with van der Waals surface area (Å²) >= 11 is 0. The Labute approximate surface area is 111 Å². The molecule has 104 valence electrons. The van der Waals surface area contributed by atoms with Crippen molar-refractivity contribution < 1.29 is 9.31 Å². The smallest absolute Gasteiger partial charge is 0.274 e. The van der Waals surface area contributed by atoms with Crippen LogP contribution in [0.2, 0.25) is 0 Å². The van der Waals surface area contributed by atoms with E-state index in [0.717, 1.165) is 25.6 Å². The Bertz CT molecular complexity index is 461. The molecular weight excluding hydrogens is 249 g/mol. The molecule has 6 heteroatoms. The van der Waals surface area contributed by atoms with Crippen LogP contribution in [0.25, 0.3) is 0 Å². The molecule has 2 rings (SSSR count). The van der Waals surface area contributed by atoms with Crippen molar-refractivity contribution in [1.82, 2.24) is 10.2 Å². The lowest BCUT2D eigenvalue weighted by Crippen LogP contribution is -2.35. The predicted octanol–water partition coefficient (Wildman–Crippen LogP) is 1.92. The van der Waals surface area contributed by atoms with Crippen LogP contribution in [0.3, 0.4) is 0 Å². The molecule has 1 saturated heterocycles. The highest BCUT2D eigenvalue weighted by Crippen LogP contribution is 2.21. The normalized spacial score (nSPS) is 19.0. The van der Waals surface area contributed by atoms with Crippen molar-refractivity contribution >= 4 is 5.69 Å². The SMILES string of the molecule is CN(Cc1cc(F)ccc1[N+](=O)[O-])CC1CCCN1. The fourth-order valence-corrected chi connectivity index (χ4v) is 2.50. The molecular formula is C13H18FN3O2. The van der Waals surface area contributed by atoms with E-state index >= 15 is 0 Å². The van der Waals surface area contributed by atoms with E-state index in [9.17, 15) is 14.5 Å². The Balaban J connectivity index is 2.04. The third-order valence-corrected chi connectivity index (χ3v) is 3.37. The summed E-state index contributed by atoms with van der Waals surface area (Å²) in [6.07, 6.45) is 2.29. The van der Waals surface area contributed by atoms with E-state index in [1.165, 1.54) is 18.6 Å². The van der Waals surface area contributed by atoms with Gasteiger partial charge in [-0.15, -0.1) is 0 Å². The van der Waals surface area contributed by atoms with E-state index in [0.29, 0.717) is 18.2 Å². The van der Waals surface area contributed by atoms with E-state index < -0.39 is 10.7 Å². The van der Waals surface area contributed by atoms with Gasteiger partial charge in [-0.1, -0.05) is 0 Å². The highest BCUT2D eigenvalue weighted by molar-refractivity contribution is 5.40. The maximum absolute atomic E-state index is 13.2. The monoisotopic (exact) mass is 267 g/mol. The summed E-state index contributed by atoms with van der Waals surface area (Å²) in [7, 11) is 1.90. The van der Waals surface area contributed by atoms with E-state index in [1.54, 1.807) is 0 Å². The Morgan fingerprint density at radius 2 is 2.37 bits per heavy atom. The standard InChI is InChI=1S/C13H18FN3O2/c1-16(9-12-3-2-6-15-12)8-10-7-11(14)4-5-13(10)17(18)19/h4-5,7,12,15H,2-3,6,8-9H2,1H3. The number of nitrogens with zero attached hydrogens (tertiary/aromatic N) is 2. The second kappa shape index (κ2) is 6.08. The van der Waals surface area contributed by atoms with Gasteiger partial charge in [0.1, 0.15) is 5.82 Å². The van der Waals surface area contributed by atoms with Gasteiger partial charge in [-0.05, 0) is 38.6 Å². The maximum atomic E-state index is 13.2. The van der Waals surface area contributed by atoms with Crippen molar-refractivity contribution in [2.24, 2.45) is 0 Å². The topological polar surface area (TPSA) is 58.4 Å². The van der Waals surface area contributed by atoms with Gasteiger partial charge < -0.3 is 10.2 Å². The van der Waals surface area contributed by atoms with Gasteiger partial charge in [-0.25, -0.2) is 4.39 Å². The van der Waals surface area contributed by atoms with Crippen LogP contribution < -0.4 is 5.32 Å². The van der Waals surface area contributed by atoms with Gasteiger partial charge in [0.15, 0.2) is 0 Å². The third-order valence-electron chi connectivity index (χ3n) is 3.37. The molecule has 0 aromatic heterocycles. The van der Waals surface area contributed by atoms with Crippen LogP contribution in [0.5, 0.6) is 0 Å². The Kier molecular flexibility index (Phi) is 4.44. The van der Waals surface area contributed by atoms with Crippen LogP contribution in [0.4, 0.5) is 10.1 Å². The van der Waals surface area contributed by atoms with Gasteiger partial charge in [0.05, 0.1) is 4.92 Å². The van der Waals surface area contributed by atoms with Crippen LogP contribution in [0.1, 0.15) is 18.4 Å². The quantitative estimate of drug-likeness (QED) is 0.654. The number of nitrogens with one attached hydrogen (secondary N) is 1. The minimum absolute atomic E-state index is 0.0207. The number of likely N-dealkylation sites (N-methyl/N-ethyl adjacent to an activating group) is 1. The number of hydrogen-bond donors (Lipinski definition) is 1. The number of rotatable bonds is 5. The van der Waals surface area contributed by atoms with Gasteiger partial charge >= 0.3 is 0 Å². The average Bonchev–Trinajstić information content (AvgIpc) is 2.81. The molecule has 1 fully saturated rings. The molecule has 0 bridgehead atoms. The number of halogens is 1. The lowest BCUT2D eigenvalue weighted by molar-refractivity contribution is -0.385. The zero-order chi connectivity index (χ0) is 13.8. The number of nitro groups is 1. The van der Waals surface area contributed by atoms with Gasteiger partial charge in [-0.2, -0.15) is 0 Å². The van der Waals surface area contributed by atoms with Crippen LogP contribution in [0, 0.1) is 15.9 Å². The van der Waals surface area contributed by atoms with Crippen molar-refractivity contribution in [3.63, 3.8) is 0 Å². The Hall–Kier alpha value is -1.53. The highest BCUT2D eigenvalue weighted by atomic mass is 19.1. The summed E-state index contributed by atoms with van der Waals surface area (Å²) in [6.45, 7) is 2.22. The largest absolute Gasteiger partial charge is 0.313 e. The van der Waals surface area contributed by atoms with Crippen LogP contribution in [-0.4, -0.2) is 36.0 Å². The van der Waals surface area contributed by atoms with Crippen molar-refractivity contribution in [3.8, 4) is 0 Å². The van der Waals surface area contributed by atoms with E-state index in [1.807, 2.05) is 11.9 Å². The Morgan fingerprint density at radius 1 is 1.58 bits per heavy atom. The van der Waals surface area contributed by atoms with E-state index in [4.69, 9.17) is 0 Å². The van der Waals surface area contributed by atoms with Crippen LogP contribution >= 0.6 is 0 Å². The molecule has 1 aliphatic heterocycles. The lowest BCUT2D eigenvalue weighted by atomic mass is 10.1. The first-order chi connectivity index (χ1) is 9.06. The maximum Gasteiger partial charge on any atom is 0.274 e. The molecule has 1 aliphatic rings. The molecule has 1 unspecified atom stereocenters. The van der Waals surface area contributed by atoms with Gasteiger partial charge in [-0.3, -0.25) is 10.1 Å². The summed E-state index contributed by atoms with van der Waals surface area (Å²) in [5, 5.41) is 14.3. The first kappa shape index (κ1) is 13.9. The van der Waals surface area contributed by atoms with E-state index in [-0.39, 0.29) is 5.69 Å². The van der Waals surface area contributed by atoms with Gasteiger partial charge in [0, 0.05) is 30.8 Å². The lowest BCUT2D eigenvalue weighted by Gasteiger charge is -2.21. The second-order valence-corrected chi connectivity index (χ2v) is 5.02. The summed E-state index contributed by atoms with van der Waals surface area (Å²) < 4.78 is 13.2. The molecule has 1 aromatic rings. The average molecular weight is 267 g/mol. The van der Waals surface area contributed by atoms with Gasteiger partial charge in [0.25, 0.3) is 5.69 Å². The summed E-state index contributed by atoms with van der Waals surface area (Å²) in [5.41, 5.74) is 0.401. The minimum Gasteiger partial charge on any atom is -0.313 e. The number of benzene rings is 1. The zero-order valence-electron chi connectivity index (χ0n) is 10.9. The summed E-state index contributed by atoms with van der Waals surface area (Å²) in [4.78, 5) is 12.4. The summed E-state index contributed by atoms with van der Waals surface area (Å²) in [6, 6.07) is 4.03. The molecule has 1 N–H and O–H groups in total. The second-order valence-electron chi connectivity index (χ2n) is 5.02. The molecule has 1 aromatic carbocycles. The van der Waals surface area contributed by atoms with Crippen molar-refractivity contribution in [3.05, 3.63) is 39.7 Å². The molecule has 0 amide bonds. The fourth-order valence-electron chi connectivity index (χ4n) is 2.50.